The fourth-order valence-corrected chi connectivity index (χ4v) is 4.71. The van der Waals surface area contributed by atoms with Gasteiger partial charge in [0.15, 0.2) is 0 Å². The number of piperidine rings is 1. The van der Waals surface area contributed by atoms with Crippen molar-refractivity contribution in [2.24, 2.45) is 11.1 Å². The van der Waals surface area contributed by atoms with E-state index in [0.717, 1.165) is 18.4 Å². The van der Waals surface area contributed by atoms with Gasteiger partial charge in [-0.1, -0.05) is 12.1 Å². The lowest BCUT2D eigenvalue weighted by Crippen LogP contribution is -2.47. The van der Waals surface area contributed by atoms with Gasteiger partial charge in [0.25, 0.3) is 10.2 Å². The maximum absolute atomic E-state index is 12.4. The third kappa shape index (κ3) is 6.01. The fourth-order valence-electron chi connectivity index (χ4n) is 2.88. The van der Waals surface area contributed by atoms with Crippen molar-refractivity contribution >= 4 is 20.2 Å². The van der Waals surface area contributed by atoms with Crippen LogP contribution in [-0.2, 0) is 31.4 Å². The number of primary sulfonamides is 1. The molecule has 1 fully saturated rings. The summed E-state index contributed by atoms with van der Waals surface area (Å²) in [5, 5.41) is 5.05. The topological polar surface area (TPSA) is 119 Å². The summed E-state index contributed by atoms with van der Waals surface area (Å²) in [7, 11) is -5.62. The molecule has 1 aliphatic rings. The van der Waals surface area contributed by atoms with Gasteiger partial charge in [0.05, 0.1) is 11.5 Å². The summed E-state index contributed by atoms with van der Waals surface area (Å²) in [6.07, 6.45) is 2.25. The highest BCUT2D eigenvalue weighted by molar-refractivity contribution is 7.89. The molecule has 3 N–H and O–H groups in total. The van der Waals surface area contributed by atoms with E-state index in [1.165, 1.54) is 16.4 Å². The van der Waals surface area contributed by atoms with Crippen molar-refractivity contribution < 1.29 is 21.6 Å². The number of ether oxygens (including phenoxy) is 1. The highest BCUT2D eigenvalue weighted by Crippen LogP contribution is 2.18. The van der Waals surface area contributed by atoms with Crippen molar-refractivity contribution in [3.8, 4) is 0 Å². The molecule has 0 amide bonds. The Bertz CT molecular complexity index is 761. The van der Waals surface area contributed by atoms with Gasteiger partial charge in [0, 0.05) is 26.7 Å². The van der Waals surface area contributed by atoms with Crippen LogP contribution in [-0.4, -0.2) is 54.5 Å². The molecule has 0 saturated carbocycles. The number of nitrogens with one attached hydrogen (secondary N) is 1. The van der Waals surface area contributed by atoms with Gasteiger partial charge in [0.1, 0.15) is 0 Å². The second-order valence-corrected chi connectivity index (χ2v) is 9.48. The van der Waals surface area contributed by atoms with E-state index in [9.17, 15) is 16.8 Å². The highest BCUT2D eigenvalue weighted by atomic mass is 32.2. The van der Waals surface area contributed by atoms with Crippen molar-refractivity contribution in [2.75, 3.05) is 33.4 Å². The monoisotopic (exact) mass is 391 g/mol. The fraction of sp³-hybridized carbons (Fsp3) is 0.600. The number of nitrogens with zero attached hydrogens (tertiary/aromatic N) is 1. The van der Waals surface area contributed by atoms with E-state index in [1.54, 1.807) is 19.2 Å². The summed E-state index contributed by atoms with van der Waals surface area (Å²) < 4.78 is 56.4. The van der Waals surface area contributed by atoms with E-state index in [1.807, 2.05) is 0 Å². The number of hydrogen-bond donors (Lipinski definition) is 2. The molecule has 0 spiro atoms. The molecule has 142 valence electrons. The van der Waals surface area contributed by atoms with Crippen LogP contribution in [0.1, 0.15) is 18.4 Å². The summed E-state index contributed by atoms with van der Waals surface area (Å²) in [5.74, 6) is 0.223. The van der Waals surface area contributed by atoms with Gasteiger partial charge in [-0.2, -0.15) is 12.7 Å². The van der Waals surface area contributed by atoms with Crippen LogP contribution in [0.3, 0.4) is 0 Å². The van der Waals surface area contributed by atoms with Crippen molar-refractivity contribution in [1.82, 2.24) is 9.03 Å². The average molecular weight is 392 g/mol. The summed E-state index contributed by atoms with van der Waals surface area (Å²) in [5.41, 5.74) is 0.825. The van der Waals surface area contributed by atoms with Gasteiger partial charge in [-0.15, -0.1) is 0 Å². The Labute approximate surface area is 149 Å². The zero-order chi connectivity index (χ0) is 18.5. The number of methoxy groups -OCH3 is 1. The maximum atomic E-state index is 12.4. The summed E-state index contributed by atoms with van der Waals surface area (Å²) in [6.45, 7) is 1.77. The van der Waals surface area contributed by atoms with Gasteiger partial charge in [-0.3, -0.25) is 0 Å². The molecule has 0 aliphatic carbocycles. The van der Waals surface area contributed by atoms with Gasteiger partial charge in [-0.25, -0.2) is 18.3 Å². The molecule has 2 rings (SSSR count). The Kier molecular flexibility index (Phi) is 6.94. The average Bonchev–Trinajstić information content (AvgIpc) is 2.55. The molecule has 25 heavy (non-hydrogen) atoms. The van der Waals surface area contributed by atoms with Crippen LogP contribution in [0.25, 0.3) is 0 Å². The Balaban J connectivity index is 1.87. The first kappa shape index (κ1) is 20.3. The van der Waals surface area contributed by atoms with E-state index < -0.39 is 20.2 Å². The van der Waals surface area contributed by atoms with Crippen molar-refractivity contribution in [3.05, 3.63) is 29.8 Å². The van der Waals surface area contributed by atoms with E-state index in [0.29, 0.717) is 26.1 Å². The third-order valence-electron chi connectivity index (χ3n) is 4.17. The van der Waals surface area contributed by atoms with E-state index >= 15 is 0 Å². The first-order chi connectivity index (χ1) is 11.7. The van der Waals surface area contributed by atoms with Crippen LogP contribution in [0.4, 0.5) is 0 Å². The van der Waals surface area contributed by atoms with Crippen LogP contribution in [0.5, 0.6) is 0 Å². The van der Waals surface area contributed by atoms with E-state index in [4.69, 9.17) is 9.88 Å². The van der Waals surface area contributed by atoms with Crippen LogP contribution in [0.15, 0.2) is 29.2 Å². The molecule has 1 aromatic rings. The Morgan fingerprint density at radius 1 is 1.24 bits per heavy atom. The summed E-state index contributed by atoms with van der Waals surface area (Å²) in [6, 6.07) is 6.09. The van der Waals surface area contributed by atoms with Crippen molar-refractivity contribution in [1.29, 1.82) is 0 Å². The first-order valence-corrected chi connectivity index (χ1v) is 11.1. The van der Waals surface area contributed by atoms with Gasteiger partial charge in [0.2, 0.25) is 10.0 Å². The Morgan fingerprint density at radius 2 is 1.92 bits per heavy atom. The lowest BCUT2D eigenvalue weighted by molar-refractivity contribution is 0.118. The third-order valence-corrected chi connectivity index (χ3v) is 6.68. The molecule has 0 aromatic heterocycles. The quantitative estimate of drug-likeness (QED) is 0.650. The molecule has 1 heterocycles. The zero-order valence-electron chi connectivity index (χ0n) is 14.2. The minimum atomic E-state index is -3.72. The standard InChI is InChI=1S/C15H25N3O5S2/c1-23-12-14-3-2-10-18(11-14)25(21,22)17-9-8-13-4-6-15(7-5-13)24(16,19)20/h4-7,14,17H,2-3,8-12H2,1H3,(H2,16,19,20). The second kappa shape index (κ2) is 8.56. The maximum Gasteiger partial charge on any atom is 0.279 e. The largest absolute Gasteiger partial charge is 0.384 e. The molecule has 1 atom stereocenters. The molecule has 1 aliphatic heterocycles. The predicted octanol–water partition coefficient (Wildman–Crippen LogP) is 0.0693. The number of hydrogen-bond acceptors (Lipinski definition) is 5. The SMILES string of the molecule is COCC1CCCN(S(=O)(=O)NCCc2ccc(S(N)(=O)=O)cc2)C1. The molecule has 10 heteroatoms. The van der Waals surface area contributed by atoms with Crippen LogP contribution in [0, 0.1) is 5.92 Å². The van der Waals surface area contributed by atoms with E-state index in [2.05, 4.69) is 4.72 Å². The minimum absolute atomic E-state index is 0.0364. The highest BCUT2D eigenvalue weighted by Gasteiger charge is 2.28. The number of benzene rings is 1. The number of rotatable bonds is 8. The lowest BCUT2D eigenvalue weighted by Gasteiger charge is -2.31. The molecule has 1 aromatic carbocycles. The molecular formula is C15H25N3O5S2. The van der Waals surface area contributed by atoms with Crippen LogP contribution >= 0.6 is 0 Å². The predicted molar refractivity (Wildman–Crippen MR) is 94.6 cm³/mol. The van der Waals surface area contributed by atoms with Gasteiger partial charge >= 0.3 is 0 Å². The van der Waals surface area contributed by atoms with Crippen LogP contribution < -0.4 is 9.86 Å². The molecule has 0 bridgehead atoms. The van der Waals surface area contributed by atoms with Gasteiger partial charge in [-0.05, 0) is 42.9 Å². The Morgan fingerprint density at radius 3 is 2.52 bits per heavy atom. The molecule has 8 nitrogen and oxygen atoms in total. The number of nitrogens with two attached hydrogens (primary N) is 1. The van der Waals surface area contributed by atoms with Crippen molar-refractivity contribution in [3.63, 3.8) is 0 Å². The zero-order valence-corrected chi connectivity index (χ0v) is 15.9. The normalized spacial score (nSPS) is 19.8. The van der Waals surface area contributed by atoms with Gasteiger partial charge < -0.3 is 4.74 Å². The molecular weight excluding hydrogens is 366 g/mol. The molecule has 0 radical (unpaired) electrons. The molecule has 1 unspecified atom stereocenters. The van der Waals surface area contributed by atoms with E-state index in [-0.39, 0.29) is 17.4 Å². The number of sulfonamides is 1. The smallest absolute Gasteiger partial charge is 0.279 e. The minimum Gasteiger partial charge on any atom is -0.384 e. The lowest BCUT2D eigenvalue weighted by atomic mass is 10.0. The summed E-state index contributed by atoms with van der Waals surface area (Å²) >= 11 is 0. The van der Waals surface area contributed by atoms with Crippen LogP contribution in [0.2, 0.25) is 0 Å². The molecule has 1 saturated heterocycles. The second-order valence-electron chi connectivity index (χ2n) is 6.16. The Hall–Kier alpha value is -1.04. The summed E-state index contributed by atoms with van der Waals surface area (Å²) in [4.78, 5) is 0.0364. The first-order valence-electron chi connectivity index (χ1n) is 8.08. The van der Waals surface area contributed by atoms with Crippen molar-refractivity contribution in [2.45, 2.75) is 24.2 Å².